The summed E-state index contributed by atoms with van der Waals surface area (Å²) in [4.78, 5) is 19.4. The highest BCUT2D eigenvalue weighted by atomic mass is 19.1. The third kappa shape index (κ3) is 2.48. The van der Waals surface area contributed by atoms with Crippen molar-refractivity contribution in [2.24, 2.45) is 0 Å². The van der Waals surface area contributed by atoms with Crippen LogP contribution in [-0.2, 0) is 6.42 Å². The molecule has 2 aromatic rings. The van der Waals surface area contributed by atoms with Gasteiger partial charge < -0.3 is 0 Å². The summed E-state index contributed by atoms with van der Waals surface area (Å²) in [5, 5.41) is 0. The zero-order valence-electron chi connectivity index (χ0n) is 8.43. The Morgan fingerprint density at radius 1 is 1.12 bits per heavy atom. The maximum atomic E-state index is 12.6. The van der Waals surface area contributed by atoms with Crippen LogP contribution in [0.1, 0.15) is 16.2 Å². The van der Waals surface area contributed by atoms with Gasteiger partial charge in [-0.25, -0.2) is 14.4 Å². The van der Waals surface area contributed by atoms with E-state index in [-0.39, 0.29) is 23.8 Å². The molecule has 16 heavy (non-hydrogen) atoms. The van der Waals surface area contributed by atoms with Gasteiger partial charge in [-0.15, -0.1) is 0 Å². The Bertz CT molecular complexity index is 482. The molecule has 0 aliphatic rings. The minimum absolute atomic E-state index is 0.174. The Balaban J connectivity index is 2.11. The van der Waals surface area contributed by atoms with Crippen molar-refractivity contribution in [3.05, 3.63) is 59.9 Å². The van der Waals surface area contributed by atoms with Crippen molar-refractivity contribution in [2.75, 3.05) is 0 Å². The zero-order chi connectivity index (χ0) is 11.4. The molecule has 0 radical (unpaired) electrons. The van der Waals surface area contributed by atoms with Gasteiger partial charge in [-0.3, -0.25) is 4.79 Å². The molecule has 0 N–H and O–H groups in total. The third-order valence-corrected chi connectivity index (χ3v) is 2.09. The Hall–Kier alpha value is -2.10. The first-order valence-electron chi connectivity index (χ1n) is 4.80. The van der Waals surface area contributed by atoms with Gasteiger partial charge in [0.1, 0.15) is 5.82 Å². The molecule has 1 aromatic carbocycles. The number of ketones is 1. The second kappa shape index (κ2) is 4.61. The van der Waals surface area contributed by atoms with Crippen LogP contribution < -0.4 is 0 Å². The highest BCUT2D eigenvalue weighted by Crippen LogP contribution is 2.05. The molecule has 0 saturated heterocycles. The Kier molecular flexibility index (Phi) is 3.00. The van der Waals surface area contributed by atoms with Crippen molar-refractivity contribution < 1.29 is 9.18 Å². The monoisotopic (exact) mass is 216 g/mol. The molecular weight excluding hydrogens is 207 g/mol. The molecule has 1 heterocycles. The summed E-state index contributed by atoms with van der Waals surface area (Å²) in [6, 6.07) is 7.46. The minimum Gasteiger partial charge on any atom is -0.290 e. The SMILES string of the molecule is O=C(Cc1ccc(F)cc1)c1ncccn1. The molecule has 0 bridgehead atoms. The number of carbonyl (C=O) groups is 1. The van der Waals surface area contributed by atoms with Crippen LogP contribution in [0.2, 0.25) is 0 Å². The lowest BCUT2D eigenvalue weighted by molar-refractivity contribution is 0.0983. The predicted molar refractivity (Wildman–Crippen MR) is 56.5 cm³/mol. The number of benzene rings is 1. The number of aromatic nitrogens is 2. The molecule has 80 valence electrons. The third-order valence-electron chi connectivity index (χ3n) is 2.09. The second-order valence-electron chi connectivity index (χ2n) is 3.30. The molecule has 0 saturated carbocycles. The fourth-order valence-corrected chi connectivity index (χ4v) is 1.31. The molecule has 2 rings (SSSR count). The summed E-state index contributed by atoms with van der Waals surface area (Å²) < 4.78 is 12.6. The van der Waals surface area contributed by atoms with Crippen molar-refractivity contribution in [3.8, 4) is 0 Å². The van der Waals surface area contributed by atoms with E-state index < -0.39 is 0 Å². The molecular formula is C12H9FN2O. The fourth-order valence-electron chi connectivity index (χ4n) is 1.31. The number of hydrogen-bond donors (Lipinski definition) is 0. The van der Waals surface area contributed by atoms with E-state index in [9.17, 15) is 9.18 Å². The second-order valence-corrected chi connectivity index (χ2v) is 3.30. The summed E-state index contributed by atoms with van der Waals surface area (Å²) in [6.07, 6.45) is 3.22. The van der Waals surface area contributed by atoms with Crippen LogP contribution in [-0.4, -0.2) is 15.8 Å². The van der Waals surface area contributed by atoms with Crippen LogP contribution in [0.25, 0.3) is 0 Å². The molecule has 0 spiro atoms. The average molecular weight is 216 g/mol. The summed E-state index contributed by atoms with van der Waals surface area (Å²) in [5.41, 5.74) is 0.749. The smallest absolute Gasteiger partial charge is 0.204 e. The van der Waals surface area contributed by atoms with Crippen molar-refractivity contribution >= 4 is 5.78 Å². The lowest BCUT2D eigenvalue weighted by atomic mass is 10.1. The standard InChI is InChI=1S/C12H9FN2O/c13-10-4-2-9(3-5-10)8-11(16)12-14-6-1-7-15-12/h1-7H,8H2. The fraction of sp³-hybridized carbons (Fsp3) is 0.0833. The maximum Gasteiger partial charge on any atom is 0.204 e. The summed E-state index contributed by atoms with van der Waals surface area (Å²) >= 11 is 0. The van der Waals surface area contributed by atoms with Gasteiger partial charge in [0.15, 0.2) is 5.82 Å². The van der Waals surface area contributed by atoms with Crippen molar-refractivity contribution in [3.63, 3.8) is 0 Å². The van der Waals surface area contributed by atoms with E-state index in [0.717, 1.165) is 5.56 Å². The van der Waals surface area contributed by atoms with E-state index in [0.29, 0.717) is 0 Å². The molecule has 0 atom stereocenters. The first kappa shape index (κ1) is 10.4. The van der Waals surface area contributed by atoms with E-state index >= 15 is 0 Å². The zero-order valence-corrected chi connectivity index (χ0v) is 8.43. The van der Waals surface area contributed by atoms with Gasteiger partial charge in [-0.2, -0.15) is 0 Å². The molecule has 0 aliphatic heterocycles. The Morgan fingerprint density at radius 2 is 1.75 bits per heavy atom. The summed E-state index contributed by atoms with van der Waals surface area (Å²) in [5.74, 6) is -0.300. The Labute approximate surface area is 92.0 Å². The number of rotatable bonds is 3. The van der Waals surface area contributed by atoms with Crippen molar-refractivity contribution in [1.29, 1.82) is 0 Å². The highest BCUT2D eigenvalue weighted by Gasteiger charge is 2.09. The number of hydrogen-bond acceptors (Lipinski definition) is 3. The average Bonchev–Trinajstić information content (AvgIpc) is 2.33. The van der Waals surface area contributed by atoms with Crippen LogP contribution >= 0.6 is 0 Å². The number of carbonyl (C=O) groups excluding carboxylic acids is 1. The molecule has 0 amide bonds. The van der Waals surface area contributed by atoms with Gasteiger partial charge in [-0.05, 0) is 23.8 Å². The van der Waals surface area contributed by atoms with Gasteiger partial charge in [0, 0.05) is 18.8 Å². The lowest BCUT2D eigenvalue weighted by Gasteiger charge is -1.99. The molecule has 1 aromatic heterocycles. The largest absolute Gasteiger partial charge is 0.290 e. The van der Waals surface area contributed by atoms with Gasteiger partial charge in [0.05, 0.1) is 0 Å². The predicted octanol–water partition coefficient (Wildman–Crippen LogP) is 2.04. The van der Waals surface area contributed by atoms with Gasteiger partial charge >= 0.3 is 0 Å². The summed E-state index contributed by atoms with van der Waals surface area (Å²) in [7, 11) is 0. The van der Waals surface area contributed by atoms with Crippen LogP contribution in [0.4, 0.5) is 4.39 Å². The summed E-state index contributed by atoms with van der Waals surface area (Å²) in [6.45, 7) is 0. The van der Waals surface area contributed by atoms with Gasteiger partial charge in [0.25, 0.3) is 0 Å². The molecule has 0 fully saturated rings. The van der Waals surface area contributed by atoms with Crippen LogP contribution in [0.3, 0.4) is 0 Å². The van der Waals surface area contributed by atoms with E-state index in [1.807, 2.05) is 0 Å². The minimum atomic E-state index is -0.313. The first-order valence-corrected chi connectivity index (χ1v) is 4.80. The highest BCUT2D eigenvalue weighted by molar-refractivity contribution is 5.93. The first-order chi connectivity index (χ1) is 7.75. The van der Waals surface area contributed by atoms with E-state index in [1.165, 1.54) is 24.5 Å². The van der Waals surface area contributed by atoms with Crippen LogP contribution in [0.5, 0.6) is 0 Å². The lowest BCUT2D eigenvalue weighted by Crippen LogP contribution is -2.07. The molecule has 0 unspecified atom stereocenters. The van der Waals surface area contributed by atoms with E-state index in [1.54, 1.807) is 18.2 Å². The molecule has 4 heteroatoms. The van der Waals surface area contributed by atoms with Crippen molar-refractivity contribution in [2.45, 2.75) is 6.42 Å². The van der Waals surface area contributed by atoms with Gasteiger partial charge in [0.2, 0.25) is 5.78 Å². The van der Waals surface area contributed by atoms with E-state index in [4.69, 9.17) is 0 Å². The van der Waals surface area contributed by atoms with Gasteiger partial charge in [-0.1, -0.05) is 12.1 Å². The van der Waals surface area contributed by atoms with Crippen LogP contribution in [0, 0.1) is 5.82 Å². The normalized spacial score (nSPS) is 10.1. The number of nitrogens with zero attached hydrogens (tertiary/aromatic N) is 2. The quantitative estimate of drug-likeness (QED) is 0.737. The topological polar surface area (TPSA) is 42.9 Å². The van der Waals surface area contributed by atoms with E-state index in [2.05, 4.69) is 9.97 Å². The molecule has 0 aliphatic carbocycles. The maximum absolute atomic E-state index is 12.6. The molecule has 3 nitrogen and oxygen atoms in total. The Morgan fingerprint density at radius 3 is 2.38 bits per heavy atom. The van der Waals surface area contributed by atoms with Crippen molar-refractivity contribution in [1.82, 2.24) is 9.97 Å². The van der Waals surface area contributed by atoms with Crippen LogP contribution in [0.15, 0.2) is 42.7 Å². The number of halogens is 1. The number of Topliss-reactive ketones (excluding diaryl/α,β-unsaturated/α-hetero) is 1.